The van der Waals surface area contributed by atoms with Gasteiger partial charge in [0.15, 0.2) is 0 Å². The van der Waals surface area contributed by atoms with Crippen molar-refractivity contribution in [2.75, 3.05) is 13.7 Å². The van der Waals surface area contributed by atoms with E-state index in [2.05, 4.69) is 4.74 Å². The van der Waals surface area contributed by atoms with E-state index >= 15 is 0 Å². The lowest BCUT2D eigenvalue weighted by atomic mass is 10.1. The smallest absolute Gasteiger partial charge is 0.338 e. The SMILES string of the molecule is CCOC(=O)/C=C(\C(=O)OC)c1ccc(Cl)cc1. The van der Waals surface area contributed by atoms with Gasteiger partial charge < -0.3 is 9.47 Å². The summed E-state index contributed by atoms with van der Waals surface area (Å²) < 4.78 is 9.39. The Morgan fingerprint density at radius 2 is 1.89 bits per heavy atom. The lowest BCUT2D eigenvalue weighted by Crippen LogP contribution is -2.08. The maximum atomic E-state index is 11.6. The van der Waals surface area contributed by atoms with Crippen molar-refractivity contribution in [3.8, 4) is 0 Å². The van der Waals surface area contributed by atoms with Gasteiger partial charge in [0.25, 0.3) is 0 Å². The molecule has 96 valence electrons. The van der Waals surface area contributed by atoms with E-state index in [1.165, 1.54) is 7.11 Å². The lowest BCUT2D eigenvalue weighted by molar-refractivity contribution is -0.138. The molecule has 0 fully saturated rings. The second-order valence-corrected chi connectivity index (χ2v) is 3.74. The van der Waals surface area contributed by atoms with Crippen LogP contribution in [0, 0.1) is 0 Å². The summed E-state index contributed by atoms with van der Waals surface area (Å²) in [6.07, 6.45) is 1.11. The fraction of sp³-hybridized carbons (Fsp3) is 0.231. The first-order chi connectivity index (χ1) is 8.58. The summed E-state index contributed by atoms with van der Waals surface area (Å²) >= 11 is 5.76. The Hall–Kier alpha value is -1.81. The number of esters is 2. The van der Waals surface area contributed by atoms with Crippen molar-refractivity contribution < 1.29 is 19.1 Å². The van der Waals surface area contributed by atoms with Crippen molar-refractivity contribution in [2.24, 2.45) is 0 Å². The molecule has 0 radical (unpaired) electrons. The van der Waals surface area contributed by atoms with Crippen molar-refractivity contribution in [3.63, 3.8) is 0 Å². The zero-order valence-electron chi connectivity index (χ0n) is 10.1. The van der Waals surface area contributed by atoms with Crippen LogP contribution in [0.25, 0.3) is 5.57 Å². The van der Waals surface area contributed by atoms with E-state index in [9.17, 15) is 9.59 Å². The van der Waals surface area contributed by atoms with Crippen LogP contribution in [0.3, 0.4) is 0 Å². The first-order valence-electron chi connectivity index (χ1n) is 5.31. The van der Waals surface area contributed by atoms with Gasteiger partial charge in [-0.15, -0.1) is 0 Å². The fourth-order valence-electron chi connectivity index (χ4n) is 1.30. The van der Waals surface area contributed by atoms with Gasteiger partial charge in [-0.3, -0.25) is 0 Å². The first kappa shape index (κ1) is 14.3. The number of ether oxygens (including phenoxy) is 2. The van der Waals surface area contributed by atoms with E-state index in [-0.39, 0.29) is 12.2 Å². The summed E-state index contributed by atoms with van der Waals surface area (Å²) in [4.78, 5) is 23.0. The highest BCUT2D eigenvalue weighted by molar-refractivity contribution is 6.30. The highest BCUT2D eigenvalue weighted by Crippen LogP contribution is 2.19. The molecule has 0 atom stereocenters. The molecular weight excluding hydrogens is 256 g/mol. The minimum absolute atomic E-state index is 0.132. The molecule has 4 nitrogen and oxygen atoms in total. The number of hydrogen-bond acceptors (Lipinski definition) is 4. The van der Waals surface area contributed by atoms with Crippen LogP contribution in [0.1, 0.15) is 12.5 Å². The van der Waals surface area contributed by atoms with Crippen LogP contribution in [0.4, 0.5) is 0 Å². The number of rotatable bonds is 4. The van der Waals surface area contributed by atoms with Crippen LogP contribution < -0.4 is 0 Å². The van der Waals surface area contributed by atoms with E-state index in [0.29, 0.717) is 10.6 Å². The molecule has 0 amide bonds. The zero-order chi connectivity index (χ0) is 13.5. The maximum Gasteiger partial charge on any atom is 0.338 e. The number of hydrogen-bond donors (Lipinski definition) is 0. The van der Waals surface area contributed by atoms with Gasteiger partial charge in [-0.1, -0.05) is 23.7 Å². The highest BCUT2D eigenvalue weighted by atomic mass is 35.5. The van der Waals surface area contributed by atoms with Gasteiger partial charge in [-0.25, -0.2) is 9.59 Å². The Morgan fingerprint density at radius 3 is 2.39 bits per heavy atom. The minimum atomic E-state index is -0.606. The Morgan fingerprint density at radius 1 is 1.28 bits per heavy atom. The summed E-state index contributed by atoms with van der Waals surface area (Å²) in [5.41, 5.74) is 0.673. The van der Waals surface area contributed by atoms with Crippen LogP contribution in [-0.2, 0) is 19.1 Å². The molecule has 0 aliphatic heterocycles. The maximum absolute atomic E-state index is 11.6. The van der Waals surface area contributed by atoms with E-state index in [4.69, 9.17) is 16.3 Å². The minimum Gasteiger partial charge on any atom is -0.465 e. The summed E-state index contributed by atoms with van der Waals surface area (Å²) in [7, 11) is 1.25. The van der Waals surface area contributed by atoms with E-state index in [1.54, 1.807) is 31.2 Å². The van der Waals surface area contributed by atoms with Crippen molar-refractivity contribution in [2.45, 2.75) is 6.92 Å². The fourth-order valence-corrected chi connectivity index (χ4v) is 1.43. The van der Waals surface area contributed by atoms with Crippen molar-refractivity contribution in [1.29, 1.82) is 0 Å². The Balaban J connectivity index is 3.09. The molecule has 0 aromatic heterocycles. The highest BCUT2D eigenvalue weighted by Gasteiger charge is 2.14. The molecule has 5 heteroatoms. The molecule has 0 N–H and O–H groups in total. The van der Waals surface area contributed by atoms with Crippen LogP contribution in [-0.4, -0.2) is 25.7 Å². The molecule has 0 unspecified atom stereocenters. The normalized spacial score (nSPS) is 10.9. The van der Waals surface area contributed by atoms with Gasteiger partial charge in [0.05, 0.1) is 19.3 Å². The largest absolute Gasteiger partial charge is 0.465 e. The summed E-state index contributed by atoms with van der Waals surface area (Å²) in [5, 5.41) is 0.541. The standard InChI is InChI=1S/C13H13ClO4/c1-3-18-12(15)8-11(13(16)17-2)9-4-6-10(14)7-5-9/h4-8H,3H2,1-2H3/b11-8-. The van der Waals surface area contributed by atoms with Crippen LogP contribution >= 0.6 is 11.6 Å². The zero-order valence-corrected chi connectivity index (χ0v) is 10.9. The molecule has 0 saturated carbocycles. The third kappa shape index (κ3) is 3.89. The summed E-state index contributed by atoms with van der Waals surface area (Å²) in [6, 6.07) is 6.51. The van der Waals surface area contributed by atoms with Gasteiger partial charge in [0, 0.05) is 11.1 Å². The van der Waals surface area contributed by atoms with Crippen molar-refractivity contribution in [3.05, 3.63) is 40.9 Å². The molecule has 18 heavy (non-hydrogen) atoms. The van der Waals surface area contributed by atoms with Crippen molar-refractivity contribution in [1.82, 2.24) is 0 Å². The number of methoxy groups -OCH3 is 1. The first-order valence-corrected chi connectivity index (χ1v) is 5.69. The predicted molar refractivity (Wildman–Crippen MR) is 68.1 cm³/mol. The molecule has 0 spiro atoms. The molecule has 1 aromatic carbocycles. The Kier molecular flexibility index (Phi) is 5.39. The topological polar surface area (TPSA) is 52.6 Å². The molecule has 0 aliphatic carbocycles. The Labute approximate surface area is 110 Å². The van der Waals surface area contributed by atoms with Gasteiger partial charge in [0.2, 0.25) is 0 Å². The van der Waals surface area contributed by atoms with Crippen molar-refractivity contribution >= 4 is 29.1 Å². The molecule has 0 saturated heterocycles. The third-order valence-electron chi connectivity index (χ3n) is 2.11. The molecule has 1 rings (SSSR count). The number of halogens is 1. The van der Waals surface area contributed by atoms with Crippen LogP contribution in [0.5, 0.6) is 0 Å². The average molecular weight is 269 g/mol. The number of carbonyl (C=O) groups is 2. The van der Waals surface area contributed by atoms with E-state index in [1.807, 2.05) is 0 Å². The lowest BCUT2D eigenvalue weighted by Gasteiger charge is -2.06. The third-order valence-corrected chi connectivity index (χ3v) is 2.36. The monoisotopic (exact) mass is 268 g/mol. The number of benzene rings is 1. The second kappa shape index (κ2) is 6.81. The van der Waals surface area contributed by atoms with Gasteiger partial charge >= 0.3 is 11.9 Å². The van der Waals surface area contributed by atoms with Crippen LogP contribution in [0.15, 0.2) is 30.3 Å². The molecule has 0 bridgehead atoms. The van der Waals surface area contributed by atoms with E-state index < -0.39 is 11.9 Å². The predicted octanol–water partition coefficient (Wildman–Crippen LogP) is 2.46. The molecule has 0 aliphatic rings. The Bertz CT molecular complexity index is 462. The summed E-state index contributed by atoms with van der Waals surface area (Å²) in [6.45, 7) is 1.93. The van der Waals surface area contributed by atoms with Gasteiger partial charge in [-0.2, -0.15) is 0 Å². The molecular formula is C13H13ClO4. The second-order valence-electron chi connectivity index (χ2n) is 3.31. The number of carbonyl (C=O) groups excluding carboxylic acids is 2. The quantitative estimate of drug-likeness (QED) is 0.622. The average Bonchev–Trinajstić information content (AvgIpc) is 2.36. The molecule has 1 aromatic rings. The molecule has 0 heterocycles. The summed E-state index contributed by atoms with van der Waals surface area (Å²) in [5.74, 6) is -1.20. The van der Waals surface area contributed by atoms with Crippen LogP contribution in [0.2, 0.25) is 5.02 Å². The van der Waals surface area contributed by atoms with Gasteiger partial charge in [-0.05, 0) is 24.6 Å². The van der Waals surface area contributed by atoms with E-state index in [0.717, 1.165) is 6.08 Å². The van der Waals surface area contributed by atoms with Gasteiger partial charge in [0.1, 0.15) is 0 Å².